The predicted molar refractivity (Wildman–Crippen MR) is 109 cm³/mol. The van der Waals surface area contributed by atoms with Crippen molar-refractivity contribution in [2.45, 2.75) is 98.5 Å². The smallest absolute Gasteiger partial charge is 0.425 e. The number of hydrogen-bond donors (Lipinski definition) is 0. The summed E-state index contributed by atoms with van der Waals surface area (Å²) in [6.07, 6.45) is -55.7. The summed E-state index contributed by atoms with van der Waals surface area (Å²) in [4.78, 5) is 11.4. The molecule has 1 saturated carbocycles. The third-order valence-corrected chi connectivity index (χ3v) is 5.29. The molecule has 0 bridgehead atoms. The fourth-order valence-electron chi connectivity index (χ4n) is 3.39. The molecule has 1 rings (SSSR count). The summed E-state index contributed by atoms with van der Waals surface area (Å²) in [5, 5.41) is 0. The Hall–Kier alpha value is -2.13. The molecule has 0 radical (unpaired) electrons. The van der Waals surface area contributed by atoms with Gasteiger partial charge in [-0.25, -0.2) is 31.1 Å². The van der Waals surface area contributed by atoms with Crippen LogP contribution in [0, 0.1) is 0 Å². The second kappa shape index (κ2) is 14.6. The van der Waals surface area contributed by atoms with Crippen LogP contribution in [0.5, 0.6) is 0 Å². The summed E-state index contributed by atoms with van der Waals surface area (Å²) in [7, 11) is 0.416. The van der Waals surface area contributed by atoms with E-state index in [-0.39, 0.29) is 0 Å². The normalized spacial score (nSPS) is 20.8. The van der Waals surface area contributed by atoms with E-state index in [1.165, 1.54) is 0 Å². The first kappa shape index (κ1) is 43.9. The Labute approximate surface area is 253 Å². The number of carbonyl (C=O) groups excluding carboxylic acids is 1. The summed E-state index contributed by atoms with van der Waals surface area (Å²) in [6.45, 7) is -6.96. The maximum atomic E-state index is 14.1. The first-order valence-electron chi connectivity index (χ1n) is 12.1. The van der Waals surface area contributed by atoms with Gasteiger partial charge >= 0.3 is 42.8 Å². The minimum absolute atomic E-state index is 0.416. The second-order valence-corrected chi connectivity index (χ2v) is 9.91. The highest BCUT2D eigenvalue weighted by Crippen LogP contribution is 2.48. The lowest BCUT2D eigenvalue weighted by Gasteiger charge is -2.45. The second-order valence-electron chi connectivity index (χ2n) is 9.91. The SMILES string of the molecule is COC(F)(F)COCC(F)(F)CC(F)(F)OC1CC(F)(F)C1OC(F)(F)CC(F)(F)COC(=O)C(OC(F)(F)CC(F)(F)F)C(F)(F)F. The molecule has 0 N–H and O–H groups in total. The molecular formula is C21H20F20O7. The lowest BCUT2D eigenvalue weighted by Crippen LogP contribution is -2.62. The van der Waals surface area contributed by atoms with Crippen molar-refractivity contribution >= 4 is 5.97 Å². The van der Waals surface area contributed by atoms with Crippen LogP contribution in [0.1, 0.15) is 25.7 Å². The average Bonchev–Trinajstić information content (AvgIpc) is 2.80. The summed E-state index contributed by atoms with van der Waals surface area (Å²) >= 11 is 0. The third kappa shape index (κ3) is 15.2. The van der Waals surface area contributed by atoms with Crippen molar-refractivity contribution in [2.24, 2.45) is 0 Å². The first-order chi connectivity index (χ1) is 21.0. The average molecular weight is 764 g/mol. The van der Waals surface area contributed by atoms with Crippen LogP contribution in [0.15, 0.2) is 0 Å². The molecule has 27 heteroatoms. The first-order valence-corrected chi connectivity index (χ1v) is 12.1. The van der Waals surface area contributed by atoms with Gasteiger partial charge in [-0.1, -0.05) is 0 Å². The van der Waals surface area contributed by atoms with Crippen molar-refractivity contribution in [3.63, 3.8) is 0 Å². The van der Waals surface area contributed by atoms with Gasteiger partial charge in [0.2, 0.25) is 0 Å². The van der Waals surface area contributed by atoms with Gasteiger partial charge in [0, 0.05) is 13.5 Å². The fourth-order valence-corrected chi connectivity index (χ4v) is 3.39. The molecule has 0 aromatic rings. The van der Waals surface area contributed by atoms with E-state index in [9.17, 15) is 92.6 Å². The number of carbonyl (C=O) groups is 1. The Morgan fingerprint density at radius 3 is 1.58 bits per heavy atom. The molecule has 0 heterocycles. The summed E-state index contributed by atoms with van der Waals surface area (Å²) in [6, 6.07) is 0. The quantitative estimate of drug-likeness (QED) is 0.101. The Bertz CT molecular complexity index is 1060. The van der Waals surface area contributed by atoms with Gasteiger partial charge < -0.3 is 23.7 Å². The van der Waals surface area contributed by atoms with E-state index >= 15 is 0 Å². The van der Waals surface area contributed by atoms with Crippen molar-refractivity contribution in [1.82, 2.24) is 0 Å². The molecule has 1 fully saturated rings. The molecule has 3 atom stereocenters. The van der Waals surface area contributed by atoms with Gasteiger partial charge in [-0.2, -0.15) is 61.5 Å². The molecule has 7 nitrogen and oxygen atoms in total. The molecule has 0 spiro atoms. The molecule has 286 valence electrons. The molecule has 0 aromatic carbocycles. The van der Waals surface area contributed by atoms with Crippen LogP contribution < -0.4 is 0 Å². The molecule has 0 aliphatic heterocycles. The zero-order valence-electron chi connectivity index (χ0n) is 23.1. The molecule has 1 aliphatic rings. The van der Waals surface area contributed by atoms with Crippen molar-refractivity contribution in [1.29, 1.82) is 0 Å². The number of ether oxygens (including phenoxy) is 6. The zero-order valence-corrected chi connectivity index (χ0v) is 23.1. The number of halogens is 20. The van der Waals surface area contributed by atoms with Crippen LogP contribution >= 0.6 is 0 Å². The van der Waals surface area contributed by atoms with E-state index in [1.54, 1.807) is 0 Å². The van der Waals surface area contributed by atoms with Crippen LogP contribution in [-0.2, 0) is 33.2 Å². The molecule has 0 saturated heterocycles. The number of hydrogen-bond acceptors (Lipinski definition) is 7. The van der Waals surface area contributed by atoms with E-state index < -0.39 is 124 Å². The van der Waals surface area contributed by atoms with Gasteiger partial charge in [-0.3, -0.25) is 4.74 Å². The van der Waals surface area contributed by atoms with Crippen LogP contribution in [0.4, 0.5) is 87.8 Å². The topological polar surface area (TPSA) is 72.5 Å². The zero-order chi connectivity index (χ0) is 38.0. The maximum Gasteiger partial charge on any atom is 0.425 e. The van der Waals surface area contributed by atoms with E-state index in [0.29, 0.717) is 7.11 Å². The summed E-state index contributed by atoms with van der Waals surface area (Å²) < 4.78 is 286. The molecule has 0 amide bonds. The Balaban J connectivity index is 2.89. The maximum absolute atomic E-state index is 14.1. The molecule has 1 aliphatic carbocycles. The third-order valence-electron chi connectivity index (χ3n) is 5.29. The Morgan fingerprint density at radius 1 is 0.667 bits per heavy atom. The standard InChI is InChI=1S/C21H20F20O7/c1-43-20(37,38)8-44-6-13(22,23)3-17(31,32)46-9-2-15(26,27)10(9)47-18(33,34)4-14(24,25)7-45-12(42)11(21(39,40)41)48-19(35,36)5-16(28,29)30/h9-11H,2-8H2,1H3. The molecular weight excluding hydrogens is 744 g/mol. The van der Waals surface area contributed by atoms with E-state index in [2.05, 4.69) is 28.4 Å². The summed E-state index contributed by atoms with van der Waals surface area (Å²) in [5.74, 6) is -18.0. The number of methoxy groups -OCH3 is 1. The Morgan fingerprint density at radius 2 is 1.15 bits per heavy atom. The lowest BCUT2D eigenvalue weighted by molar-refractivity contribution is -0.401. The van der Waals surface area contributed by atoms with Gasteiger partial charge in [-0.15, -0.1) is 0 Å². The lowest BCUT2D eigenvalue weighted by atomic mass is 9.86. The Kier molecular flexibility index (Phi) is 13.4. The van der Waals surface area contributed by atoms with Gasteiger partial charge in [0.1, 0.15) is 38.6 Å². The molecule has 3 unspecified atom stereocenters. The van der Waals surface area contributed by atoms with E-state index in [4.69, 9.17) is 0 Å². The number of esters is 1. The minimum atomic E-state index is -6.36. The van der Waals surface area contributed by atoms with Crippen LogP contribution in [-0.4, -0.2) is 106 Å². The number of rotatable bonds is 19. The van der Waals surface area contributed by atoms with Crippen molar-refractivity contribution < 1.29 is 121 Å². The van der Waals surface area contributed by atoms with Crippen LogP contribution in [0.2, 0.25) is 0 Å². The fraction of sp³-hybridized carbons (Fsp3) is 0.952. The van der Waals surface area contributed by atoms with Crippen molar-refractivity contribution in [2.75, 3.05) is 26.9 Å². The van der Waals surface area contributed by atoms with Gasteiger partial charge in [0.15, 0.2) is 12.7 Å². The van der Waals surface area contributed by atoms with Gasteiger partial charge in [-0.05, 0) is 0 Å². The van der Waals surface area contributed by atoms with Crippen molar-refractivity contribution in [3.8, 4) is 0 Å². The van der Waals surface area contributed by atoms with Crippen molar-refractivity contribution in [3.05, 3.63) is 0 Å². The summed E-state index contributed by atoms with van der Waals surface area (Å²) in [5.41, 5.74) is 0. The monoisotopic (exact) mass is 764 g/mol. The molecule has 48 heavy (non-hydrogen) atoms. The van der Waals surface area contributed by atoms with E-state index in [0.717, 1.165) is 0 Å². The highest BCUT2D eigenvalue weighted by atomic mass is 19.4. The van der Waals surface area contributed by atoms with Crippen LogP contribution in [0.3, 0.4) is 0 Å². The van der Waals surface area contributed by atoms with E-state index in [1.807, 2.05) is 0 Å². The number of alkyl halides is 20. The van der Waals surface area contributed by atoms with Gasteiger partial charge in [0.25, 0.3) is 23.9 Å². The minimum Gasteiger partial charge on any atom is -0.457 e. The highest BCUT2D eigenvalue weighted by molar-refractivity contribution is 5.75. The molecule has 0 aromatic heterocycles. The largest absolute Gasteiger partial charge is 0.457 e. The van der Waals surface area contributed by atoms with Crippen LogP contribution in [0.25, 0.3) is 0 Å². The predicted octanol–water partition coefficient (Wildman–Crippen LogP) is 7.32. The van der Waals surface area contributed by atoms with Gasteiger partial charge in [0.05, 0.1) is 0 Å². The highest BCUT2D eigenvalue weighted by Gasteiger charge is 2.65.